The number of hydrogen-bond donors (Lipinski definition) is 0. The van der Waals surface area contributed by atoms with E-state index in [2.05, 4.69) is 183 Å². The summed E-state index contributed by atoms with van der Waals surface area (Å²) in [7, 11) is 0. The van der Waals surface area contributed by atoms with Gasteiger partial charge in [-0.15, -0.1) is 11.3 Å². The first-order valence-electron chi connectivity index (χ1n) is 19.9. The Hall–Kier alpha value is -6.88. The molecule has 7 aromatic carbocycles. The van der Waals surface area contributed by atoms with Gasteiger partial charge in [0.2, 0.25) is 0 Å². The largest absolute Gasteiger partial charge is 0.456 e. The van der Waals surface area contributed by atoms with Gasteiger partial charge in [0.05, 0.1) is 16.8 Å². The molecule has 12 rings (SSSR count). The van der Waals surface area contributed by atoms with E-state index in [1.165, 1.54) is 42.4 Å². The Kier molecular flexibility index (Phi) is 7.21. The van der Waals surface area contributed by atoms with Gasteiger partial charge in [-0.05, 0) is 41.0 Å². The third kappa shape index (κ3) is 4.67. The van der Waals surface area contributed by atoms with Crippen molar-refractivity contribution in [3.8, 4) is 56.5 Å². The lowest BCUT2D eigenvalue weighted by atomic mass is 9.58. The van der Waals surface area contributed by atoms with Crippen LogP contribution in [0.15, 0.2) is 194 Å². The summed E-state index contributed by atoms with van der Waals surface area (Å²) < 4.78 is 9.68. The molecular weight excluding hydrogens is 725 g/mol. The Morgan fingerprint density at radius 2 is 1.21 bits per heavy atom. The molecule has 0 fully saturated rings. The van der Waals surface area contributed by atoms with Crippen LogP contribution in [0, 0.1) is 5.92 Å². The summed E-state index contributed by atoms with van der Waals surface area (Å²) in [6.45, 7) is 2.40. The Balaban J connectivity index is 1.08. The van der Waals surface area contributed by atoms with E-state index in [9.17, 15) is 0 Å². The van der Waals surface area contributed by atoms with Crippen LogP contribution >= 0.6 is 11.3 Å². The van der Waals surface area contributed by atoms with Crippen LogP contribution in [-0.2, 0) is 10.8 Å². The van der Waals surface area contributed by atoms with Crippen LogP contribution in [-0.4, -0.2) is 9.97 Å². The van der Waals surface area contributed by atoms with Crippen molar-refractivity contribution in [2.75, 3.05) is 0 Å². The van der Waals surface area contributed by atoms with Crippen molar-refractivity contribution in [2.24, 2.45) is 5.92 Å². The molecule has 3 aliphatic rings. The molecule has 2 aromatic heterocycles. The van der Waals surface area contributed by atoms with E-state index in [-0.39, 0.29) is 11.3 Å². The second-order valence-corrected chi connectivity index (χ2v) is 16.9. The predicted octanol–water partition coefficient (Wildman–Crippen LogP) is 14.0. The van der Waals surface area contributed by atoms with Gasteiger partial charge in [-0.25, -0.2) is 9.97 Å². The van der Waals surface area contributed by atoms with Crippen LogP contribution < -0.4 is 4.74 Å². The number of nitrogens with zero attached hydrogens (tertiary/aromatic N) is 2. The maximum Gasteiger partial charge on any atom is 0.160 e. The first-order chi connectivity index (χ1) is 28.6. The highest BCUT2D eigenvalue weighted by Gasteiger charge is 2.61. The minimum atomic E-state index is -0.463. The number of para-hydroxylation sites is 2. The number of allylic oxidation sites excluding steroid dienone is 4. The zero-order chi connectivity index (χ0) is 38.4. The number of benzene rings is 7. The van der Waals surface area contributed by atoms with Crippen molar-refractivity contribution in [3.05, 3.63) is 216 Å². The highest BCUT2D eigenvalue weighted by atomic mass is 32.1. The van der Waals surface area contributed by atoms with Crippen LogP contribution in [0.2, 0.25) is 0 Å². The Bertz CT molecular complexity index is 3200. The van der Waals surface area contributed by atoms with E-state index < -0.39 is 5.41 Å². The molecule has 1 spiro atoms. The summed E-state index contributed by atoms with van der Waals surface area (Å²) in [5, 5.41) is 2.56. The lowest BCUT2D eigenvalue weighted by molar-refractivity contribution is 0.330. The van der Waals surface area contributed by atoms with Gasteiger partial charge in [0.25, 0.3) is 0 Å². The fraction of sp³-hybridized carbons (Fsp3) is 0.0741. The second-order valence-electron chi connectivity index (χ2n) is 15.8. The van der Waals surface area contributed by atoms with Gasteiger partial charge < -0.3 is 4.74 Å². The molecule has 2 aliphatic carbocycles. The van der Waals surface area contributed by atoms with Gasteiger partial charge >= 0.3 is 0 Å². The highest BCUT2D eigenvalue weighted by molar-refractivity contribution is 7.25. The van der Waals surface area contributed by atoms with E-state index in [4.69, 9.17) is 14.7 Å². The third-order valence-electron chi connectivity index (χ3n) is 12.8. The van der Waals surface area contributed by atoms with Crippen LogP contribution in [0.4, 0.5) is 0 Å². The maximum absolute atomic E-state index is 7.15. The van der Waals surface area contributed by atoms with Crippen LogP contribution in [0.3, 0.4) is 0 Å². The summed E-state index contributed by atoms with van der Waals surface area (Å²) in [6.07, 6.45) is 9.27. The Morgan fingerprint density at radius 1 is 0.517 bits per heavy atom. The summed E-state index contributed by atoms with van der Waals surface area (Å²) >= 11 is 1.82. The number of aromatic nitrogens is 2. The van der Waals surface area contributed by atoms with Crippen LogP contribution in [0.25, 0.3) is 65.2 Å². The van der Waals surface area contributed by atoms with Crippen molar-refractivity contribution in [1.82, 2.24) is 9.97 Å². The SMILES string of the molecule is CC12C=CC=CC1C1(c3ccccc3Oc3c(-c4ccccc4-c4cc(-c5ccc6c(c5)sc5ccccc56)nc(-c5ccccc5)n4)cccc31)c1ccccc12. The number of hydrogen-bond acceptors (Lipinski definition) is 4. The molecule has 9 aromatic rings. The number of rotatable bonds is 4. The monoisotopic (exact) mass is 760 g/mol. The first kappa shape index (κ1) is 33.3. The standard InChI is InChI=1S/C54H36N2OS/c1-53-31-14-13-28-50(53)54(42-23-9-8-22-41(42)53)43-24-10-11-26-47(43)57-51-40(21-15-25-44(51)54)36-18-5-6-19-37(36)46-33-45(55-52(56-46)34-16-3-2-4-17-34)35-29-30-39-38-20-7-12-27-48(38)58-49(39)32-35/h2-33,50H,1H3. The van der Waals surface area contributed by atoms with E-state index in [1.54, 1.807) is 0 Å². The first-order valence-corrected chi connectivity index (χ1v) is 20.8. The van der Waals surface area contributed by atoms with Crippen molar-refractivity contribution in [2.45, 2.75) is 17.8 Å². The molecule has 3 heterocycles. The van der Waals surface area contributed by atoms with Gasteiger partial charge in [0.15, 0.2) is 5.82 Å². The molecule has 4 heteroatoms. The summed E-state index contributed by atoms with van der Waals surface area (Å²) in [6, 6.07) is 60.9. The molecule has 0 saturated heterocycles. The fourth-order valence-corrected chi connectivity index (χ4v) is 11.4. The number of fused-ring (bicyclic) bond motifs is 12. The molecular formula is C54H36N2OS. The molecule has 58 heavy (non-hydrogen) atoms. The smallest absolute Gasteiger partial charge is 0.160 e. The average Bonchev–Trinajstić information content (AvgIpc) is 3.77. The summed E-state index contributed by atoms with van der Waals surface area (Å²) in [5.41, 5.74) is 11.3. The molecule has 3 atom stereocenters. The summed E-state index contributed by atoms with van der Waals surface area (Å²) in [4.78, 5) is 10.6. The van der Waals surface area contributed by atoms with Gasteiger partial charge in [-0.1, -0.05) is 177 Å². The van der Waals surface area contributed by atoms with Gasteiger partial charge in [-0.2, -0.15) is 0 Å². The highest BCUT2D eigenvalue weighted by Crippen LogP contribution is 2.67. The Morgan fingerprint density at radius 3 is 2.10 bits per heavy atom. The average molecular weight is 761 g/mol. The van der Waals surface area contributed by atoms with Crippen molar-refractivity contribution >= 4 is 31.5 Å². The predicted molar refractivity (Wildman–Crippen MR) is 239 cm³/mol. The molecule has 0 bridgehead atoms. The van der Waals surface area contributed by atoms with Gasteiger partial charge in [0.1, 0.15) is 11.5 Å². The fourth-order valence-electron chi connectivity index (χ4n) is 10.3. The van der Waals surface area contributed by atoms with Crippen LogP contribution in [0.5, 0.6) is 11.5 Å². The van der Waals surface area contributed by atoms with Crippen molar-refractivity contribution in [1.29, 1.82) is 0 Å². The van der Waals surface area contributed by atoms with Gasteiger partial charge in [0, 0.05) is 64.9 Å². The van der Waals surface area contributed by atoms with Crippen LogP contribution in [0.1, 0.15) is 29.2 Å². The molecule has 274 valence electrons. The topological polar surface area (TPSA) is 35.0 Å². The molecule has 0 radical (unpaired) electrons. The van der Waals surface area contributed by atoms with E-state index in [1.807, 2.05) is 29.5 Å². The van der Waals surface area contributed by atoms with Crippen molar-refractivity contribution in [3.63, 3.8) is 0 Å². The number of ether oxygens (including phenoxy) is 1. The molecule has 3 unspecified atom stereocenters. The molecule has 3 nitrogen and oxygen atoms in total. The van der Waals surface area contributed by atoms with Gasteiger partial charge in [-0.3, -0.25) is 0 Å². The molecule has 0 amide bonds. The normalized spacial score (nSPS) is 19.8. The zero-order valence-electron chi connectivity index (χ0n) is 31.8. The molecule has 0 saturated carbocycles. The minimum absolute atomic E-state index is 0.146. The van der Waals surface area contributed by atoms with E-state index in [0.717, 1.165) is 50.7 Å². The third-order valence-corrected chi connectivity index (χ3v) is 13.9. The lowest BCUT2D eigenvalue weighted by Crippen LogP contribution is -2.42. The molecule has 0 N–H and O–H groups in total. The summed E-state index contributed by atoms with van der Waals surface area (Å²) in [5.74, 6) is 2.63. The lowest BCUT2D eigenvalue weighted by Gasteiger charge is -2.45. The van der Waals surface area contributed by atoms with E-state index in [0.29, 0.717) is 5.82 Å². The molecule has 1 aliphatic heterocycles. The van der Waals surface area contributed by atoms with Crippen molar-refractivity contribution < 1.29 is 4.74 Å². The van der Waals surface area contributed by atoms with E-state index >= 15 is 0 Å². The maximum atomic E-state index is 7.15. The Labute approximate surface area is 341 Å². The zero-order valence-corrected chi connectivity index (χ0v) is 32.6. The minimum Gasteiger partial charge on any atom is -0.456 e. The number of thiophene rings is 1. The second kappa shape index (κ2) is 12.6. The quantitative estimate of drug-likeness (QED) is 0.179.